The third-order valence-electron chi connectivity index (χ3n) is 7.68. The number of rotatable bonds is 9. The first-order chi connectivity index (χ1) is 17.8. The lowest BCUT2D eigenvalue weighted by Gasteiger charge is -2.32. The van der Waals surface area contributed by atoms with E-state index in [0.717, 1.165) is 36.8 Å². The summed E-state index contributed by atoms with van der Waals surface area (Å²) in [6.45, 7) is 0.362. The Bertz CT molecular complexity index is 1090. The summed E-state index contributed by atoms with van der Waals surface area (Å²) >= 11 is 0. The molecule has 10 heteroatoms. The van der Waals surface area contributed by atoms with Gasteiger partial charge in [-0.25, -0.2) is 0 Å². The average molecular weight is 505 g/mol. The summed E-state index contributed by atoms with van der Waals surface area (Å²) in [5, 5.41) is 35.7. The molecule has 2 aromatic rings. The lowest BCUT2D eigenvalue weighted by Crippen LogP contribution is -2.56. The van der Waals surface area contributed by atoms with Gasteiger partial charge in [-0.1, -0.05) is 61.4 Å². The first-order valence-electron chi connectivity index (χ1n) is 13.0. The molecule has 2 aliphatic rings. The largest absolute Gasteiger partial charge is 0.475 e. The molecule has 2 amide bonds. The molecular weight excluding hydrogens is 469 g/mol. The topological polar surface area (TPSA) is 161 Å². The zero-order chi connectivity index (χ0) is 26.4. The number of carbonyl (C=O) groups excluding carboxylic acids is 2. The minimum absolute atomic E-state index is 0.173. The molecule has 2 aromatic carbocycles. The van der Waals surface area contributed by atoms with Gasteiger partial charge < -0.3 is 31.7 Å². The molecule has 37 heavy (non-hydrogen) atoms. The first-order valence-corrected chi connectivity index (χ1v) is 13.0. The first kappa shape index (κ1) is 26.7. The highest BCUT2D eigenvalue weighted by Crippen LogP contribution is 2.41. The van der Waals surface area contributed by atoms with Crippen LogP contribution in [0.2, 0.25) is 0 Å². The normalized spacial score (nSPS) is 17.0. The standard InChI is InChI=1S/C27H36BN5O4/c29-26(30)31-17-7-12-22(28(36)37)32-24(34)27(15-5-6-16-27)25(35)33-23-20-10-3-1-8-18(20)13-14-19-9-2-4-11-21(19)23/h1-4,8-11,22-23,36-37H,5-7,12-17H2,(H,32,34)(H,33,35)(H4,29,30,31). The molecule has 0 radical (unpaired) electrons. The van der Waals surface area contributed by atoms with Crippen molar-refractivity contribution in [1.82, 2.24) is 16.0 Å². The van der Waals surface area contributed by atoms with Gasteiger partial charge >= 0.3 is 7.12 Å². The van der Waals surface area contributed by atoms with Crippen molar-refractivity contribution in [3.05, 3.63) is 70.8 Å². The average Bonchev–Trinajstić information content (AvgIpc) is 3.34. The van der Waals surface area contributed by atoms with Gasteiger partial charge in [0.05, 0.1) is 12.0 Å². The molecule has 4 rings (SSSR count). The van der Waals surface area contributed by atoms with Crippen LogP contribution >= 0.6 is 0 Å². The monoisotopic (exact) mass is 505 g/mol. The van der Waals surface area contributed by atoms with Crippen LogP contribution in [0.4, 0.5) is 0 Å². The number of hydrogen-bond donors (Lipinski definition) is 7. The maximum Gasteiger partial charge on any atom is 0.475 e. The van der Waals surface area contributed by atoms with E-state index in [9.17, 15) is 19.6 Å². The lowest BCUT2D eigenvalue weighted by atomic mass is 9.75. The van der Waals surface area contributed by atoms with E-state index in [1.54, 1.807) is 0 Å². The Morgan fingerprint density at radius 2 is 1.57 bits per heavy atom. The molecule has 196 valence electrons. The Kier molecular flexibility index (Phi) is 8.50. The number of benzene rings is 2. The van der Waals surface area contributed by atoms with Gasteiger partial charge in [0.25, 0.3) is 0 Å². The smallest absolute Gasteiger partial charge is 0.426 e. The van der Waals surface area contributed by atoms with Crippen LogP contribution in [0, 0.1) is 10.8 Å². The molecular formula is C27H36BN5O4. The summed E-state index contributed by atoms with van der Waals surface area (Å²) in [4.78, 5) is 27.6. The van der Waals surface area contributed by atoms with E-state index in [-0.39, 0.29) is 24.3 Å². The van der Waals surface area contributed by atoms with Gasteiger partial charge in [-0.05, 0) is 60.8 Å². The molecule has 2 aliphatic carbocycles. The van der Waals surface area contributed by atoms with Crippen LogP contribution in [0.5, 0.6) is 0 Å². The fourth-order valence-corrected chi connectivity index (χ4v) is 5.63. The molecule has 0 bridgehead atoms. The second-order valence-electron chi connectivity index (χ2n) is 10.1. The highest BCUT2D eigenvalue weighted by Gasteiger charge is 2.49. The van der Waals surface area contributed by atoms with Crippen molar-refractivity contribution < 1.29 is 19.6 Å². The maximum atomic E-state index is 14.0. The SMILES string of the molecule is N=C(N)NCCCC(NC(=O)C1(C(=O)NC2c3ccccc3CCc3ccccc32)CCCC1)B(O)O. The van der Waals surface area contributed by atoms with Crippen molar-refractivity contribution in [3.63, 3.8) is 0 Å². The Morgan fingerprint density at radius 1 is 1.00 bits per heavy atom. The van der Waals surface area contributed by atoms with Gasteiger partial charge in [0, 0.05) is 6.54 Å². The fraction of sp³-hybridized carbons (Fsp3) is 0.444. The zero-order valence-electron chi connectivity index (χ0n) is 21.0. The summed E-state index contributed by atoms with van der Waals surface area (Å²) < 4.78 is 0. The molecule has 0 aliphatic heterocycles. The van der Waals surface area contributed by atoms with Crippen LogP contribution in [-0.4, -0.2) is 47.4 Å². The van der Waals surface area contributed by atoms with Crippen LogP contribution in [0.3, 0.4) is 0 Å². The number of aryl methyl sites for hydroxylation is 2. The number of amides is 2. The molecule has 0 aromatic heterocycles. The van der Waals surface area contributed by atoms with Crippen LogP contribution in [0.15, 0.2) is 48.5 Å². The second-order valence-corrected chi connectivity index (χ2v) is 10.1. The molecule has 0 spiro atoms. The maximum absolute atomic E-state index is 14.0. The van der Waals surface area contributed by atoms with Gasteiger partial charge in [-0.2, -0.15) is 0 Å². The fourth-order valence-electron chi connectivity index (χ4n) is 5.63. The second kappa shape index (κ2) is 11.8. The molecule has 1 unspecified atom stereocenters. The number of fused-ring (bicyclic) bond motifs is 2. The molecule has 1 fully saturated rings. The van der Waals surface area contributed by atoms with Crippen molar-refractivity contribution in [2.45, 2.75) is 63.3 Å². The summed E-state index contributed by atoms with van der Waals surface area (Å²) in [6.07, 6.45) is 4.75. The summed E-state index contributed by atoms with van der Waals surface area (Å²) in [6, 6.07) is 15.8. The minimum atomic E-state index is -1.77. The summed E-state index contributed by atoms with van der Waals surface area (Å²) in [5.41, 5.74) is 8.44. The number of nitrogens with two attached hydrogens (primary N) is 1. The van der Waals surface area contributed by atoms with Crippen LogP contribution in [0.25, 0.3) is 0 Å². The van der Waals surface area contributed by atoms with E-state index in [0.29, 0.717) is 25.8 Å². The van der Waals surface area contributed by atoms with Crippen molar-refractivity contribution in [2.75, 3.05) is 6.54 Å². The van der Waals surface area contributed by atoms with E-state index in [1.807, 2.05) is 36.4 Å². The number of carbonyl (C=O) groups is 2. The molecule has 8 N–H and O–H groups in total. The predicted molar refractivity (Wildman–Crippen MR) is 142 cm³/mol. The molecule has 9 nitrogen and oxygen atoms in total. The van der Waals surface area contributed by atoms with Crippen molar-refractivity contribution in [3.8, 4) is 0 Å². The third kappa shape index (κ3) is 5.97. The lowest BCUT2D eigenvalue weighted by molar-refractivity contribution is -0.144. The van der Waals surface area contributed by atoms with Crippen LogP contribution in [-0.2, 0) is 22.4 Å². The Hall–Kier alpha value is -3.37. The Morgan fingerprint density at radius 3 is 2.11 bits per heavy atom. The minimum Gasteiger partial charge on any atom is -0.426 e. The van der Waals surface area contributed by atoms with Crippen LogP contribution in [0.1, 0.15) is 66.8 Å². The van der Waals surface area contributed by atoms with Crippen molar-refractivity contribution >= 4 is 24.9 Å². The van der Waals surface area contributed by atoms with Crippen molar-refractivity contribution in [1.29, 1.82) is 5.41 Å². The molecule has 0 saturated heterocycles. The van der Waals surface area contributed by atoms with Gasteiger partial charge in [-0.3, -0.25) is 15.0 Å². The van der Waals surface area contributed by atoms with E-state index < -0.39 is 24.4 Å². The summed E-state index contributed by atoms with van der Waals surface area (Å²) in [5.74, 6) is -1.92. The van der Waals surface area contributed by atoms with Gasteiger partial charge in [0.1, 0.15) is 5.41 Å². The van der Waals surface area contributed by atoms with Crippen LogP contribution < -0.4 is 21.7 Å². The van der Waals surface area contributed by atoms with E-state index in [1.165, 1.54) is 11.1 Å². The van der Waals surface area contributed by atoms with Gasteiger partial charge in [-0.15, -0.1) is 0 Å². The number of hydrogen-bond acceptors (Lipinski definition) is 5. The van der Waals surface area contributed by atoms with Crippen molar-refractivity contribution in [2.24, 2.45) is 11.1 Å². The molecule has 0 heterocycles. The predicted octanol–water partition coefficient (Wildman–Crippen LogP) is 1.31. The third-order valence-corrected chi connectivity index (χ3v) is 7.68. The Balaban J connectivity index is 1.56. The van der Waals surface area contributed by atoms with E-state index in [2.05, 4.69) is 28.1 Å². The quantitative estimate of drug-likeness (QED) is 0.0894. The summed E-state index contributed by atoms with van der Waals surface area (Å²) in [7, 11) is -1.77. The number of nitrogens with one attached hydrogen (secondary N) is 4. The highest BCUT2D eigenvalue weighted by molar-refractivity contribution is 6.43. The van der Waals surface area contributed by atoms with Gasteiger partial charge in [0.15, 0.2) is 5.96 Å². The van der Waals surface area contributed by atoms with E-state index in [4.69, 9.17) is 11.1 Å². The number of guanidine groups is 1. The zero-order valence-corrected chi connectivity index (χ0v) is 21.0. The van der Waals surface area contributed by atoms with Gasteiger partial charge in [0.2, 0.25) is 11.8 Å². The molecule has 1 atom stereocenters. The Labute approximate surface area is 217 Å². The highest BCUT2D eigenvalue weighted by atomic mass is 16.4. The molecule has 1 saturated carbocycles. The van der Waals surface area contributed by atoms with E-state index >= 15 is 0 Å².